The SMILES string of the molecule is COc1ccc(NC(C)=O)cc1S(=O)(=O)NC[C@H]1CCCO1. The van der Waals surface area contributed by atoms with Gasteiger partial charge in [0, 0.05) is 25.8 Å². The molecule has 0 bridgehead atoms. The molecule has 1 aromatic carbocycles. The third-order valence-electron chi connectivity index (χ3n) is 3.30. The van der Waals surface area contributed by atoms with Crippen molar-refractivity contribution in [1.29, 1.82) is 0 Å². The summed E-state index contributed by atoms with van der Waals surface area (Å²) >= 11 is 0. The van der Waals surface area contributed by atoms with Gasteiger partial charge < -0.3 is 14.8 Å². The van der Waals surface area contributed by atoms with Crippen LogP contribution in [0.15, 0.2) is 23.1 Å². The van der Waals surface area contributed by atoms with E-state index in [9.17, 15) is 13.2 Å². The maximum atomic E-state index is 12.4. The Bertz CT molecular complexity index is 639. The molecule has 7 nitrogen and oxygen atoms in total. The number of carbonyl (C=O) groups is 1. The maximum absolute atomic E-state index is 12.4. The van der Waals surface area contributed by atoms with Crippen molar-refractivity contribution < 1.29 is 22.7 Å². The van der Waals surface area contributed by atoms with E-state index in [0.29, 0.717) is 12.3 Å². The standard InChI is InChI=1S/C14H20N2O5S/c1-10(17)16-11-5-6-13(20-2)14(8-11)22(18,19)15-9-12-4-3-7-21-12/h5-6,8,12,15H,3-4,7,9H2,1-2H3,(H,16,17)/t12-/m1/s1. The molecule has 1 fully saturated rings. The van der Waals surface area contributed by atoms with Crippen LogP contribution >= 0.6 is 0 Å². The highest BCUT2D eigenvalue weighted by Crippen LogP contribution is 2.27. The lowest BCUT2D eigenvalue weighted by Crippen LogP contribution is -2.32. The first-order chi connectivity index (χ1) is 10.4. The van der Waals surface area contributed by atoms with Gasteiger partial charge in [0.15, 0.2) is 0 Å². The molecular weight excluding hydrogens is 308 g/mol. The Labute approximate surface area is 130 Å². The predicted molar refractivity (Wildman–Crippen MR) is 81.5 cm³/mol. The van der Waals surface area contributed by atoms with Gasteiger partial charge in [-0.2, -0.15) is 0 Å². The lowest BCUT2D eigenvalue weighted by Gasteiger charge is -2.14. The first kappa shape index (κ1) is 16.7. The van der Waals surface area contributed by atoms with E-state index in [1.54, 1.807) is 6.07 Å². The zero-order valence-corrected chi connectivity index (χ0v) is 13.4. The molecule has 2 N–H and O–H groups in total. The molecule has 1 aliphatic heterocycles. The van der Waals surface area contributed by atoms with Crippen LogP contribution in [0.5, 0.6) is 5.75 Å². The summed E-state index contributed by atoms with van der Waals surface area (Å²) < 4.78 is 37.9. The largest absolute Gasteiger partial charge is 0.495 e. The number of carbonyl (C=O) groups excluding carboxylic acids is 1. The van der Waals surface area contributed by atoms with E-state index in [1.807, 2.05) is 0 Å². The van der Waals surface area contributed by atoms with Crippen molar-refractivity contribution in [3.63, 3.8) is 0 Å². The number of anilines is 1. The van der Waals surface area contributed by atoms with Crippen molar-refractivity contribution >= 4 is 21.6 Å². The van der Waals surface area contributed by atoms with Gasteiger partial charge in [-0.05, 0) is 31.0 Å². The Kier molecular flexibility index (Phi) is 5.38. The number of methoxy groups -OCH3 is 1. The third kappa shape index (κ3) is 4.19. The molecule has 1 heterocycles. The number of hydrogen-bond donors (Lipinski definition) is 2. The molecular formula is C14H20N2O5S. The van der Waals surface area contributed by atoms with E-state index >= 15 is 0 Å². The summed E-state index contributed by atoms with van der Waals surface area (Å²) in [4.78, 5) is 11.1. The van der Waals surface area contributed by atoms with Gasteiger partial charge in [-0.15, -0.1) is 0 Å². The summed E-state index contributed by atoms with van der Waals surface area (Å²) in [6, 6.07) is 4.46. The molecule has 122 valence electrons. The summed E-state index contributed by atoms with van der Waals surface area (Å²) in [5.41, 5.74) is 0.394. The van der Waals surface area contributed by atoms with E-state index in [0.717, 1.165) is 12.8 Å². The highest BCUT2D eigenvalue weighted by molar-refractivity contribution is 7.89. The minimum Gasteiger partial charge on any atom is -0.495 e. The van der Waals surface area contributed by atoms with E-state index in [2.05, 4.69) is 10.0 Å². The van der Waals surface area contributed by atoms with Crippen molar-refractivity contribution in [2.24, 2.45) is 0 Å². The molecule has 0 aliphatic carbocycles. The lowest BCUT2D eigenvalue weighted by atomic mass is 10.2. The number of benzene rings is 1. The van der Waals surface area contributed by atoms with Crippen LogP contribution < -0.4 is 14.8 Å². The second-order valence-electron chi connectivity index (χ2n) is 5.03. The number of rotatable bonds is 6. The first-order valence-corrected chi connectivity index (χ1v) is 8.47. The van der Waals surface area contributed by atoms with Crippen LogP contribution in [0.4, 0.5) is 5.69 Å². The zero-order valence-electron chi connectivity index (χ0n) is 12.6. The van der Waals surface area contributed by atoms with Gasteiger partial charge in [0.2, 0.25) is 15.9 Å². The molecule has 1 atom stereocenters. The van der Waals surface area contributed by atoms with Crippen molar-refractivity contribution in [1.82, 2.24) is 4.72 Å². The molecule has 0 radical (unpaired) electrons. The van der Waals surface area contributed by atoms with E-state index < -0.39 is 10.0 Å². The molecule has 1 aliphatic rings. The van der Waals surface area contributed by atoms with Crippen LogP contribution in [0, 0.1) is 0 Å². The molecule has 8 heteroatoms. The van der Waals surface area contributed by atoms with Crippen LogP contribution in [0.2, 0.25) is 0 Å². The first-order valence-electron chi connectivity index (χ1n) is 6.99. The third-order valence-corrected chi connectivity index (χ3v) is 4.74. The van der Waals surface area contributed by atoms with Crippen molar-refractivity contribution in [2.45, 2.75) is 30.8 Å². The fraction of sp³-hybridized carbons (Fsp3) is 0.500. The average molecular weight is 328 g/mol. The van der Waals surface area contributed by atoms with Crippen molar-refractivity contribution in [2.75, 3.05) is 25.6 Å². The Morgan fingerprint density at radius 3 is 2.82 bits per heavy atom. The summed E-state index contributed by atoms with van der Waals surface area (Å²) in [5, 5.41) is 2.55. The van der Waals surface area contributed by atoms with E-state index in [4.69, 9.17) is 9.47 Å². The van der Waals surface area contributed by atoms with Crippen LogP contribution in [-0.4, -0.2) is 40.7 Å². The molecule has 0 aromatic heterocycles. The topological polar surface area (TPSA) is 93.7 Å². The summed E-state index contributed by atoms with van der Waals surface area (Å²) in [7, 11) is -2.36. The minimum atomic E-state index is -3.76. The highest BCUT2D eigenvalue weighted by atomic mass is 32.2. The molecule has 22 heavy (non-hydrogen) atoms. The molecule has 0 unspecified atom stereocenters. The molecule has 1 amide bonds. The number of sulfonamides is 1. The van der Waals surface area contributed by atoms with Crippen molar-refractivity contribution in [3.8, 4) is 5.75 Å². The maximum Gasteiger partial charge on any atom is 0.244 e. The lowest BCUT2D eigenvalue weighted by molar-refractivity contribution is -0.114. The predicted octanol–water partition coefficient (Wildman–Crippen LogP) is 1.11. The highest BCUT2D eigenvalue weighted by Gasteiger charge is 2.23. The van der Waals surface area contributed by atoms with Crippen LogP contribution in [0.1, 0.15) is 19.8 Å². The summed E-state index contributed by atoms with van der Waals surface area (Å²) in [5.74, 6) is -0.0604. The summed E-state index contributed by atoms with van der Waals surface area (Å²) in [6.07, 6.45) is 1.68. The Morgan fingerprint density at radius 1 is 1.45 bits per heavy atom. The molecule has 0 saturated carbocycles. The van der Waals surface area contributed by atoms with Gasteiger partial charge in [-0.3, -0.25) is 4.79 Å². The molecule has 0 spiro atoms. The fourth-order valence-corrected chi connectivity index (χ4v) is 3.51. The number of nitrogens with one attached hydrogen (secondary N) is 2. The van der Waals surface area contributed by atoms with E-state index in [1.165, 1.54) is 26.2 Å². The molecule has 1 aromatic rings. The second kappa shape index (κ2) is 7.08. The smallest absolute Gasteiger partial charge is 0.244 e. The van der Waals surface area contributed by atoms with Gasteiger partial charge in [-0.1, -0.05) is 0 Å². The minimum absolute atomic E-state index is 0.0146. The Morgan fingerprint density at radius 2 is 2.23 bits per heavy atom. The quantitative estimate of drug-likeness (QED) is 0.816. The number of hydrogen-bond acceptors (Lipinski definition) is 5. The molecule has 2 rings (SSSR count). The number of ether oxygens (including phenoxy) is 2. The number of amides is 1. The zero-order chi connectivity index (χ0) is 16.2. The van der Waals surface area contributed by atoms with Crippen LogP contribution in [-0.2, 0) is 19.6 Å². The van der Waals surface area contributed by atoms with Gasteiger partial charge in [0.05, 0.1) is 13.2 Å². The normalized spacial score (nSPS) is 18.2. The molecule has 1 saturated heterocycles. The average Bonchev–Trinajstić information content (AvgIpc) is 2.98. The monoisotopic (exact) mass is 328 g/mol. The van der Waals surface area contributed by atoms with Crippen molar-refractivity contribution in [3.05, 3.63) is 18.2 Å². The van der Waals surface area contributed by atoms with Crippen LogP contribution in [0.3, 0.4) is 0 Å². The second-order valence-corrected chi connectivity index (χ2v) is 6.77. The van der Waals surface area contributed by atoms with Crippen LogP contribution in [0.25, 0.3) is 0 Å². The van der Waals surface area contributed by atoms with Gasteiger partial charge >= 0.3 is 0 Å². The van der Waals surface area contributed by atoms with Gasteiger partial charge in [0.1, 0.15) is 10.6 Å². The van der Waals surface area contributed by atoms with Gasteiger partial charge in [-0.25, -0.2) is 13.1 Å². The van der Waals surface area contributed by atoms with Gasteiger partial charge in [0.25, 0.3) is 0 Å². The fourth-order valence-electron chi connectivity index (χ4n) is 2.25. The van der Waals surface area contributed by atoms with E-state index in [-0.39, 0.29) is 29.2 Å². The Balaban J connectivity index is 2.20. The Hall–Kier alpha value is -1.64. The summed E-state index contributed by atoms with van der Waals surface area (Å²) in [6.45, 7) is 2.23.